The lowest BCUT2D eigenvalue weighted by atomic mass is 9.82. The van der Waals surface area contributed by atoms with E-state index in [-0.39, 0.29) is 17.2 Å². The van der Waals surface area contributed by atoms with Gasteiger partial charge < -0.3 is 15.4 Å². The summed E-state index contributed by atoms with van der Waals surface area (Å²) in [5, 5.41) is 0. The standard InChI is InChI=1S/C18H34N2O/c1-17(2)15(16(19)18(3,4)21-17)11-20(5)10-14-9-12-6-7-13(14)8-12/h12-16H,6-11,19H2,1-5H3. The van der Waals surface area contributed by atoms with Crippen molar-refractivity contribution in [3.05, 3.63) is 0 Å². The van der Waals surface area contributed by atoms with Crippen LogP contribution in [-0.2, 0) is 4.74 Å². The van der Waals surface area contributed by atoms with E-state index in [2.05, 4.69) is 39.6 Å². The summed E-state index contributed by atoms with van der Waals surface area (Å²) in [6, 6.07) is 0.120. The van der Waals surface area contributed by atoms with Crippen molar-refractivity contribution >= 4 is 0 Å². The second kappa shape index (κ2) is 5.21. The topological polar surface area (TPSA) is 38.5 Å². The summed E-state index contributed by atoms with van der Waals surface area (Å²) in [4.78, 5) is 2.53. The summed E-state index contributed by atoms with van der Waals surface area (Å²) in [7, 11) is 2.28. The third kappa shape index (κ3) is 2.89. The van der Waals surface area contributed by atoms with Crippen LogP contribution in [0.25, 0.3) is 0 Å². The van der Waals surface area contributed by atoms with Gasteiger partial charge in [0.05, 0.1) is 11.2 Å². The van der Waals surface area contributed by atoms with Gasteiger partial charge in [-0.2, -0.15) is 0 Å². The molecule has 0 radical (unpaired) electrons. The van der Waals surface area contributed by atoms with Crippen molar-refractivity contribution in [3.8, 4) is 0 Å². The molecule has 1 saturated heterocycles. The fraction of sp³-hybridized carbons (Fsp3) is 1.00. The Hall–Kier alpha value is -0.120. The lowest BCUT2D eigenvalue weighted by Crippen LogP contribution is -2.48. The van der Waals surface area contributed by atoms with Crippen molar-refractivity contribution in [2.45, 2.75) is 70.6 Å². The third-order valence-electron chi connectivity index (χ3n) is 6.59. The highest BCUT2D eigenvalue weighted by molar-refractivity contribution is 5.04. The maximum absolute atomic E-state index is 6.50. The van der Waals surface area contributed by atoms with E-state index in [0.29, 0.717) is 5.92 Å². The molecule has 2 aliphatic carbocycles. The van der Waals surface area contributed by atoms with Crippen molar-refractivity contribution in [2.24, 2.45) is 29.4 Å². The van der Waals surface area contributed by atoms with Crippen LogP contribution in [0, 0.1) is 23.7 Å². The minimum Gasteiger partial charge on any atom is -0.368 e. The molecule has 3 fully saturated rings. The molecule has 5 atom stereocenters. The highest BCUT2D eigenvalue weighted by Crippen LogP contribution is 2.48. The zero-order chi connectivity index (χ0) is 15.4. The summed E-state index contributed by atoms with van der Waals surface area (Å²) < 4.78 is 6.23. The number of hydrogen-bond acceptors (Lipinski definition) is 3. The number of fused-ring (bicyclic) bond motifs is 2. The van der Waals surface area contributed by atoms with Crippen molar-refractivity contribution in [1.82, 2.24) is 4.90 Å². The number of rotatable bonds is 4. The number of ether oxygens (including phenoxy) is 1. The van der Waals surface area contributed by atoms with Crippen LogP contribution in [-0.4, -0.2) is 42.3 Å². The molecule has 5 unspecified atom stereocenters. The van der Waals surface area contributed by atoms with Gasteiger partial charge in [0.15, 0.2) is 0 Å². The first kappa shape index (κ1) is 15.8. The van der Waals surface area contributed by atoms with Gasteiger partial charge in [-0.3, -0.25) is 0 Å². The Labute approximate surface area is 130 Å². The van der Waals surface area contributed by atoms with Crippen molar-refractivity contribution in [1.29, 1.82) is 0 Å². The normalized spacial score (nSPS) is 43.9. The van der Waals surface area contributed by atoms with Gasteiger partial charge >= 0.3 is 0 Å². The Morgan fingerprint density at radius 3 is 2.24 bits per heavy atom. The van der Waals surface area contributed by atoms with Gasteiger partial charge in [0.2, 0.25) is 0 Å². The molecule has 1 heterocycles. The first-order valence-electron chi connectivity index (χ1n) is 8.83. The fourth-order valence-electron chi connectivity index (χ4n) is 5.48. The van der Waals surface area contributed by atoms with E-state index in [1.165, 1.54) is 32.2 Å². The molecule has 3 heteroatoms. The lowest BCUT2D eigenvalue weighted by Gasteiger charge is -2.34. The maximum Gasteiger partial charge on any atom is 0.0788 e. The summed E-state index contributed by atoms with van der Waals surface area (Å²) in [6.45, 7) is 11.0. The number of nitrogens with zero attached hydrogens (tertiary/aromatic N) is 1. The van der Waals surface area contributed by atoms with E-state index >= 15 is 0 Å². The molecule has 122 valence electrons. The van der Waals surface area contributed by atoms with E-state index in [4.69, 9.17) is 10.5 Å². The molecular formula is C18H34N2O. The van der Waals surface area contributed by atoms with Crippen LogP contribution in [0.5, 0.6) is 0 Å². The summed E-state index contributed by atoms with van der Waals surface area (Å²) in [5.74, 6) is 3.40. The first-order chi connectivity index (χ1) is 9.69. The summed E-state index contributed by atoms with van der Waals surface area (Å²) >= 11 is 0. The molecule has 2 bridgehead atoms. The number of hydrogen-bond donors (Lipinski definition) is 1. The predicted octanol–water partition coefficient (Wildman–Crippen LogP) is 2.89. The van der Waals surface area contributed by atoms with Crippen molar-refractivity contribution < 1.29 is 4.74 Å². The van der Waals surface area contributed by atoms with Crippen LogP contribution >= 0.6 is 0 Å². The molecule has 2 saturated carbocycles. The largest absolute Gasteiger partial charge is 0.368 e. The monoisotopic (exact) mass is 294 g/mol. The zero-order valence-corrected chi connectivity index (χ0v) is 14.6. The molecule has 0 aromatic rings. The Balaban J connectivity index is 1.58. The van der Waals surface area contributed by atoms with Crippen molar-refractivity contribution in [3.63, 3.8) is 0 Å². The van der Waals surface area contributed by atoms with E-state index < -0.39 is 0 Å². The molecule has 3 aliphatic rings. The molecule has 21 heavy (non-hydrogen) atoms. The van der Waals surface area contributed by atoms with Crippen LogP contribution in [0.15, 0.2) is 0 Å². The van der Waals surface area contributed by atoms with Crippen LogP contribution in [0.4, 0.5) is 0 Å². The highest BCUT2D eigenvalue weighted by atomic mass is 16.5. The average molecular weight is 294 g/mol. The second-order valence-electron chi connectivity index (χ2n) is 9.10. The Bertz CT molecular complexity index is 393. The highest BCUT2D eigenvalue weighted by Gasteiger charge is 2.52. The molecule has 3 rings (SSSR count). The number of nitrogens with two attached hydrogens (primary N) is 1. The molecule has 0 spiro atoms. The molecule has 0 aromatic carbocycles. The van der Waals surface area contributed by atoms with Gasteiger partial charge in [0, 0.05) is 25.0 Å². The van der Waals surface area contributed by atoms with E-state index in [9.17, 15) is 0 Å². The van der Waals surface area contributed by atoms with Crippen LogP contribution in [0.3, 0.4) is 0 Å². The van der Waals surface area contributed by atoms with Gasteiger partial charge in [-0.25, -0.2) is 0 Å². The molecule has 1 aliphatic heterocycles. The van der Waals surface area contributed by atoms with Crippen LogP contribution < -0.4 is 5.73 Å². The first-order valence-corrected chi connectivity index (χ1v) is 8.83. The van der Waals surface area contributed by atoms with Crippen LogP contribution in [0.2, 0.25) is 0 Å². The van der Waals surface area contributed by atoms with Gasteiger partial charge in [-0.15, -0.1) is 0 Å². The van der Waals surface area contributed by atoms with E-state index in [0.717, 1.165) is 24.3 Å². The van der Waals surface area contributed by atoms with E-state index in [1.807, 2.05) is 0 Å². The SMILES string of the molecule is CN(CC1CC2CCC1C2)CC1C(N)C(C)(C)OC1(C)C. The minimum atomic E-state index is -0.207. The molecule has 2 N–H and O–H groups in total. The second-order valence-corrected chi connectivity index (χ2v) is 9.10. The fourth-order valence-corrected chi connectivity index (χ4v) is 5.48. The van der Waals surface area contributed by atoms with Gasteiger partial charge in [-0.1, -0.05) is 6.42 Å². The maximum atomic E-state index is 6.50. The van der Waals surface area contributed by atoms with Crippen molar-refractivity contribution in [2.75, 3.05) is 20.1 Å². The molecule has 0 amide bonds. The molecular weight excluding hydrogens is 260 g/mol. The smallest absolute Gasteiger partial charge is 0.0788 e. The van der Waals surface area contributed by atoms with Gasteiger partial charge in [0.1, 0.15) is 0 Å². The Morgan fingerprint density at radius 1 is 1.05 bits per heavy atom. The Kier molecular flexibility index (Phi) is 3.91. The molecule has 3 nitrogen and oxygen atoms in total. The minimum absolute atomic E-state index is 0.119. The summed E-state index contributed by atoms with van der Waals surface area (Å²) in [6.07, 6.45) is 5.95. The Morgan fingerprint density at radius 2 is 1.76 bits per heavy atom. The third-order valence-corrected chi connectivity index (χ3v) is 6.59. The zero-order valence-electron chi connectivity index (χ0n) is 14.6. The van der Waals surface area contributed by atoms with Crippen LogP contribution in [0.1, 0.15) is 53.4 Å². The predicted molar refractivity (Wildman–Crippen MR) is 87.1 cm³/mol. The summed E-state index contributed by atoms with van der Waals surface area (Å²) in [5.41, 5.74) is 6.17. The average Bonchev–Trinajstić information content (AvgIpc) is 2.98. The quantitative estimate of drug-likeness (QED) is 0.866. The molecule has 0 aromatic heterocycles. The van der Waals surface area contributed by atoms with E-state index in [1.54, 1.807) is 0 Å². The van der Waals surface area contributed by atoms with Gasteiger partial charge in [-0.05, 0) is 71.8 Å². The lowest BCUT2D eigenvalue weighted by molar-refractivity contribution is -0.0783. The van der Waals surface area contributed by atoms with Gasteiger partial charge in [0.25, 0.3) is 0 Å².